The number of ether oxygens (including phenoxy) is 2. The van der Waals surface area contributed by atoms with Gasteiger partial charge >= 0.3 is 0 Å². The van der Waals surface area contributed by atoms with Gasteiger partial charge in [-0.3, -0.25) is 9.69 Å². The number of hydrogen-bond acceptors (Lipinski definition) is 4. The number of benzene rings is 1. The summed E-state index contributed by atoms with van der Waals surface area (Å²) in [6, 6.07) is 9.53. The van der Waals surface area contributed by atoms with Gasteiger partial charge in [0.2, 0.25) is 0 Å². The van der Waals surface area contributed by atoms with Gasteiger partial charge in [0.25, 0.3) is 5.91 Å². The van der Waals surface area contributed by atoms with Crippen LogP contribution in [0.25, 0.3) is 0 Å². The molecule has 0 N–H and O–H groups in total. The maximum atomic E-state index is 12.3. The first-order valence-corrected chi connectivity index (χ1v) is 9.43. The van der Waals surface area contributed by atoms with Gasteiger partial charge in [-0.25, -0.2) is 0 Å². The molecule has 1 amide bonds. The predicted molar refractivity (Wildman–Crippen MR) is 97.7 cm³/mol. The van der Waals surface area contributed by atoms with E-state index in [4.69, 9.17) is 9.47 Å². The number of nitrogens with zero attached hydrogens (tertiary/aromatic N) is 2. The Labute approximate surface area is 150 Å². The molecule has 5 heteroatoms. The van der Waals surface area contributed by atoms with Crippen molar-refractivity contribution in [1.29, 1.82) is 0 Å². The summed E-state index contributed by atoms with van der Waals surface area (Å²) in [5.41, 5.74) is 0. The number of piperidine rings is 1. The molecule has 5 nitrogen and oxygen atoms in total. The molecule has 0 bridgehead atoms. The summed E-state index contributed by atoms with van der Waals surface area (Å²) in [7, 11) is 0. The van der Waals surface area contributed by atoms with Crippen molar-refractivity contribution in [3.63, 3.8) is 0 Å². The van der Waals surface area contributed by atoms with Crippen LogP contribution < -0.4 is 4.74 Å². The number of para-hydroxylation sites is 1. The molecule has 0 aromatic heterocycles. The molecule has 1 aromatic carbocycles. The molecule has 2 unspecified atom stereocenters. The predicted octanol–water partition coefficient (Wildman–Crippen LogP) is 2.41. The highest BCUT2D eigenvalue weighted by Gasteiger charge is 2.28. The van der Waals surface area contributed by atoms with Gasteiger partial charge in [0.05, 0.1) is 12.2 Å². The second kappa shape index (κ2) is 8.68. The van der Waals surface area contributed by atoms with E-state index in [1.807, 2.05) is 35.2 Å². The van der Waals surface area contributed by atoms with E-state index in [0.29, 0.717) is 18.1 Å². The van der Waals surface area contributed by atoms with E-state index in [-0.39, 0.29) is 12.5 Å². The van der Waals surface area contributed by atoms with Gasteiger partial charge in [0, 0.05) is 32.7 Å². The van der Waals surface area contributed by atoms with Crippen LogP contribution in [0.4, 0.5) is 0 Å². The molecule has 2 saturated heterocycles. The molecule has 2 aliphatic heterocycles. The minimum absolute atomic E-state index is 0.0934. The van der Waals surface area contributed by atoms with Gasteiger partial charge in [-0.2, -0.15) is 0 Å². The number of hydrogen-bond donors (Lipinski definition) is 0. The fourth-order valence-electron chi connectivity index (χ4n) is 3.92. The highest BCUT2D eigenvalue weighted by Crippen LogP contribution is 2.21. The standard InChI is InChI=1S/C20H30N2O3/c1-16-12-21(13-17(2)25-16)14-18-8-10-22(11-9-18)20(23)15-24-19-6-4-3-5-7-19/h3-7,16-18H,8-15H2,1-2H3. The SMILES string of the molecule is CC1CN(CC2CCN(C(=O)COc3ccccc3)CC2)CC(C)O1. The van der Waals surface area contributed by atoms with Crippen LogP contribution in [0.3, 0.4) is 0 Å². The third-order valence-corrected chi connectivity index (χ3v) is 5.08. The van der Waals surface area contributed by atoms with Gasteiger partial charge in [-0.1, -0.05) is 18.2 Å². The number of rotatable bonds is 5. The second-order valence-electron chi connectivity index (χ2n) is 7.40. The van der Waals surface area contributed by atoms with E-state index < -0.39 is 0 Å². The summed E-state index contributed by atoms with van der Waals surface area (Å²) >= 11 is 0. The largest absolute Gasteiger partial charge is 0.484 e. The Kier molecular flexibility index (Phi) is 6.32. The molecule has 0 radical (unpaired) electrons. The molecule has 0 aliphatic carbocycles. The molecule has 2 heterocycles. The van der Waals surface area contributed by atoms with E-state index in [1.54, 1.807) is 0 Å². The van der Waals surface area contributed by atoms with Crippen LogP contribution in [0.15, 0.2) is 30.3 Å². The highest BCUT2D eigenvalue weighted by atomic mass is 16.5. The van der Waals surface area contributed by atoms with Gasteiger partial charge in [-0.15, -0.1) is 0 Å². The van der Waals surface area contributed by atoms with Crippen LogP contribution in [-0.2, 0) is 9.53 Å². The first-order valence-electron chi connectivity index (χ1n) is 9.43. The summed E-state index contributed by atoms with van der Waals surface area (Å²) in [4.78, 5) is 16.8. The Balaban J connectivity index is 1.38. The smallest absolute Gasteiger partial charge is 0.260 e. The first kappa shape index (κ1) is 18.2. The van der Waals surface area contributed by atoms with Gasteiger partial charge in [0.1, 0.15) is 5.75 Å². The monoisotopic (exact) mass is 346 g/mol. The number of carbonyl (C=O) groups is 1. The van der Waals surface area contributed by atoms with Crippen molar-refractivity contribution < 1.29 is 14.3 Å². The van der Waals surface area contributed by atoms with Gasteiger partial charge in [-0.05, 0) is 44.7 Å². The zero-order valence-electron chi connectivity index (χ0n) is 15.4. The summed E-state index contributed by atoms with van der Waals surface area (Å²) < 4.78 is 11.4. The Hall–Kier alpha value is -1.59. The third-order valence-electron chi connectivity index (χ3n) is 5.08. The van der Waals surface area contributed by atoms with Crippen molar-refractivity contribution in [2.75, 3.05) is 39.3 Å². The fourth-order valence-corrected chi connectivity index (χ4v) is 3.92. The van der Waals surface area contributed by atoms with Crippen molar-refractivity contribution in [3.05, 3.63) is 30.3 Å². The minimum atomic E-state index is 0.0934. The summed E-state index contributed by atoms with van der Waals surface area (Å²) in [6.45, 7) is 9.29. The molecule has 0 spiro atoms. The lowest BCUT2D eigenvalue weighted by Gasteiger charge is -2.39. The number of carbonyl (C=O) groups excluding carboxylic acids is 1. The van der Waals surface area contributed by atoms with E-state index in [0.717, 1.165) is 51.3 Å². The lowest BCUT2D eigenvalue weighted by Crippen LogP contribution is -2.49. The van der Waals surface area contributed by atoms with E-state index >= 15 is 0 Å². The molecule has 2 atom stereocenters. The van der Waals surface area contributed by atoms with Crippen LogP contribution in [0.1, 0.15) is 26.7 Å². The van der Waals surface area contributed by atoms with Crippen LogP contribution in [-0.4, -0.2) is 67.2 Å². The molecule has 1 aromatic rings. The Morgan fingerprint density at radius 1 is 1.12 bits per heavy atom. The van der Waals surface area contributed by atoms with E-state index in [9.17, 15) is 4.79 Å². The second-order valence-corrected chi connectivity index (χ2v) is 7.40. The maximum Gasteiger partial charge on any atom is 0.260 e. The normalized spacial score (nSPS) is 25.8. The number of likely N-dealkylation sites (tertiary alicyclic amines) is 1. The van der Waals surface area contributed by atoms with Crippen molar-refractivity contribution in [2.45, 2.75) is 38.9 Å². The lowest BCUT2D eigenvalue weighted by atomic mass is 9.95. The average Bonchev–Trinajstić information content (AvgIpc) is 2.60. The van der Waals surface area contributed by atoms with Crippen molar-refractivity contribution in [2.24, 2.45) is 5.92 Å². The highest BCUT2D eigenvalue weighted by molar-refractivity contribution is 5.77. The van der Waals surface area contributed by atoms with E-state index in [1.165, 1.54) is 0 Å². The summed E-state index contributed by atoms with van der Waals surface area (Å²) in [5.74, 6) is 1.52. The van der Waals surface area contributed by atoms with Crippen LogP contribution in [0.5, 0.6) is 5.75 Å². The average molecular weight is 346 g/mol. The molecular weight excluding hydrogens is 316 g/mol. The minimum Gasteiger partial charge on any atom is -0.484 e. The Morgan fingerprint density at radius 3 is 2.40 bits per heavy atom. The molecule has 138 valence electrons. The molecule has 3 rings (SSSR count). The topological polar surface area (TPSA) is 42.0 Å². The van der Waals surface area contributed by atoms with E-state index in [2.05, 4.69) is 18.7 Å². The first-order chi connectivity index (χ1) is 12.1. The zero-order valence-corrected chi connectivity index (χ0v) is 15.4. The molecule has 2 aliphatic rings. The van der Waals surface area contributed by atoms with Crippen molar-refractivity contribution >= 4 is 5.91 Å². The van der Waals surface area contributed by atoms with Crippen molar-refractivity contribution in [3.8, 4) is 5.75 Å². The van der Waals surface area contributed by atoms with Crippen LogP contribution >= 0.6 is 0 Å². The molecule has 0 saturated carbocycles. The maximum absolute atomic E-state index is 12.3. The Bertz CT molecular complexity index is 533. The number of amides is 1. The third kappa shape index (κ3) is 5.44. The Morgan fingerprint density at radius 2 is 1.76 bits per heavy atom. The zero-order chi connectivity index (χ0) is 17.6. The molecular formula is C20H30N2O3. The summed E-state index contributed by atoms with van der Waals surface area (Å²) in [5, 5.41) is 0. The van der Waals surface area contributed by atoms with Crippen LogP contribution in [0, 0.1) is 5.92 Å². The summed E-state index contributed by atoms with van der Waals surface area (Å²) in [6.07, 6.45) is 2.80. The lowest BCUT2D eigenvalue weighted by molar-refractivity contribution is -0.135. The van der Waals surface area contributed by atoms with Crippen LogP contribution in [0.2, 0.25) is 0 Å². The quantitative estimate of drug-likeness (QED) is 0.821. The molecule has 2 fully saturated rings. The fraction of sp³-hybridized carbons (Fsp3) is 0.650. The van der Waals surface area contributed by atoms with Gasteiger partial charge in [0.15, 0.2) is 6.61 Å². The number of morpholine rings is 1. The molecule has 25 heavy (non-hydrogen) atoms. The van der Waals surface area contributed by atoms with Gasteiger partial charge < -0.3 is 14.4 Å². The van der Waals surface area contributed by atoms with Crippen molar-refractivity contribution in [1.82, 2.24) is 9.80 Å².